The zero-order chi connectivity index (χ0) is 15.6. The second-order valence-electron chi connectivity index (χ2n) is 4.83. The third-order valence-electron chi connectivity index (χ3n) is 3.43. The molecular weight excluding hydrogens is 292 g/mol. The molecule has 0 radical (unpaired) electrons. The summed E-state index contributed by atoms with van der Waals surface area (Å²) in [5.74, 6) is -1.57. The molecule has 2 heterocycles. The third kappa shape index (κ3) is 3.07. The van der Waals surface area contributed by atoms with Crippen LogP contribution < -0.4 is 0 Å². The van der Waals surface area contributed by atoms with Gasteiger partial charge in [-0.3, -0.25) is 14.5 Å². The van der Waals surface area contributed by atoms with Crippen LogP contribution in [-0.2, 0) is 9.59 Å². The normalized spacial score (nSPS) is 19.9. The molecule has 1 aromatic heterocycles. The summed E-state index contributed by atoms with van der Waals surface area (Å²) < 4.78 is 0. The Bertz CT molecular complexity index is 590. The fourth-order valence-electron chi connectivity index (χ4n) is 2.14. The second-order valence-corrected chi connectivity index (χ2v) is 6.02. The highest BCUT2D eigenvalue weighted by molar-refractivity contribution is 8.00. The predicted molar refractivity (Wildman–Crippen MR) is 77.1 cm³/mol. The molecule has 1 aliphatic heterocycles. The van der Waals surface area contributed by atoms with E-state index in [0.29, 0.717) is 6.42 Å². The lowest BCUT2D eigenvalue weighted by molar-refractivity contribution is -0.140. The molecule has 2 amide bonds. The average Bonchev–Trinajstić information content (AvgIpc) is 2.73. The van der Waals surface area contributed by atoms with E-state index in [-0.39, 0.29) is 34.9 Å². The molecule has 1 aromatic rings. The van der Waals surface area contributed by atoms with Gasteiger partial charge in [0.25, 0.3) is 0 Å². The van der Waals surface area contributed by atoms with E-state index < -0.39 is 11.2 Å². The molecule has 7 heteroatoms. The Morgan fingerprint density at radius 3 is 2.90 bits per heavy atom. The molecule has 1 aliphatic rings. The van der Waals surface area contributed by atoms with Crippen LogP contribution in [0.4, 0.5) is 0 Å². The van der Waals surface area contributed by atoms with Crippen LogP contribution in [0.25, 0.3) is 0 Å². The number of carboxylic acids is 1. The van der Waals surface area contributed by atoms with E-state index in [4.69, 9.17) is 5.11 Å². The van der Waals surface area contributed by atoms with E-state index in [1.54, 1.807) is 0 Å². The molecule has 2 atom stereocenters. The summed E-state index contributed by atoms with van der Waals surface area (Å²) in [5, 5.41) is 8.79. The maximum absolute atomic E-state index is 12.3. The summed E-state index contributed by atoms with van der Waals surface area (Å²) in [6.45, 7) is 3.74. The first-order chi connectivity index (χ1) is 9.95. The number of thioether (sulfide) groups is 1. The number of amides is 2. The SMILES string of the molecule is CCC(C)N1C(=O)CC(Sc2ncccc2C(=O)O)C1=O. The Morgan fingerprint density at radius 2 is 2.29 bits per heavy atom. The topological polar surface area (TPSA) is 87.6 Å². The smallest absolute Gasteiger partial charge is 0.338 e. The highest BCUT2D eigenvalue weighted by Crippen LogP contribution is 2.33. The number of carboxylic acid groups (broad SMARTS) is 1. The minimum atomic E-state index is -1.10. The van der Waals surface area contributed by atoms with Gasteiger partial charge in [-0.05, 0) is 25.5 Å². The van der Waals surface area contributed by atoms with Crippen LogP contribution in [0.1, 0.15) is 37.0 Å². The van der Waals surface area contributed by atoms with Crippen LogP contribution in [-0.4, -0.2) is 44.1 Å². The summed E-state index contributed by atoms with van der Waals surface area (Å²) in [7, 11) is 0. The number of pyridine rings is 1. The molecule has 0 saturated carbocycles. The fraction of sp³-hybridized carbons (Fsp3) is 0.429. The van der Waals surface area contributed by atoms with Crippen molar-refractivity contribution >= 4 is 29.5 Å². The standard InChI is InChI=1S/C14H16N2O4S/c1-3-8(2)16-11(17)7-10(13(16)18)21-12-9(14(19)20)5-4-6-15-12/h4-6,8,10H,3,7H2,1-2H3,(H,19,20). The van der Waals surface area contributed by atoms with Crippen LogP contribution in [0, 0.1) is 0 Å². The summed E-state index contributed by atoms with van der Waals surface area (Å²) in [6.07, 6.45) is 2.25. The van der Waals surface area contributed by atoms with Crippen LogP contribution >= 0.6 is 11.8 Å². The summed E-state index contributed by atoms with van der Waals surface area (Å²) >= 11 is 1.05. The maximum Gasteiger partial charge on any atom is 0.338 e. The summed E-state index contributed by atoms with van der Waals surface area (Å²) in [5.41, 5.74) is 0.0461. The molecule has 6 nitrogen and oxygen atoms in total. The van der Waals surface area contributed by atoms with Gasteiger partial charge in [-0.25, -0.2) is 9.78 Å². The molecule has 1 saturated heterocycles. The number of hydrogen-bond acceptors (Lipinski definition) is 5. The largest absolute Gasteiger partial charge is 0.478 e. The minimum Gasteiger partial charge on any atom is -0.478 e. The van der Waals surface area contributed by atoms with Crippen LogP contribution in [0.2, 0.25) is 0 Å². The van der Waals surface area contributed by atoms with Crippen LogP contribution in [0.15, 0.2) is 23.4 Å². The van der Waals surface area contributed by atoms with Crippen molar-refractivity contribution in [3.8, 4) is 0 Å². The van der Waals surface area contributed by atoms with Crippen molar-refractivity contribution in [2.75, 3.05) is 0 Å². The zero-order valence-corrected chi connectivity index (χ0v) is 12.6. The van der Waals surface area contributed by atoms with E-state index in [1.165, 1.54) is 23.2 Å². The number of imide groups is 1. The van der Waals surface area contributed by atoms with Gasteiger partial charge in [0.05, 0.1) is 10.8 Å². The van der Waals surface area contributed by atoms with Crippen LogP contribution in [0.3, 0.4) is 0 Å². The molecule has 2 rings (SSSR count). The first-order valence-corrected chi connectivity index (χ1v) is 7.54. The third-order valence-corrected chi connectivity index (χ3v) is 4.63. The zero-order valence-electron chi connectivity index (χ0n) is 11.8. The molecule has 0 aromatic carbocycles. The van der Waals surface area contributed by atoms with Gasteiger partial charge in [-0.15, -0.1) is 0 Å². The van der Waals surface area contributed by atoms with Crippen LogP contribution in [0.5, 0.6) is 0 Å². The number of aromatic nitrogens is 1. The highest BCUT2D eigenvalue weighted by atomic mass is 32.2. The van der Waals surface area contributed by atoms with Gasteiger partial charge in [-0.2, -0.15) is 0 Å². The fourth-order valence-corrected chi connectivity index (χ4v) is 3.26. The predicted octanol–water partition coefficient (Wildman–Crippen LogP) is 1.80. The number of aromatic carboxylic acids is 1. The quantitative estimate of drug-likeness (QED) is 0.835. The van der Waals surface area contributed by atoms with Crippen molar-refractivity contribution in [3.63, 3.8) is 0 Å². The van der Waals surface area contributed by atoms with Gasteiger partial charge in [0.1, 0.15) is 5.03 Å². The van der Waals surface area contributed by atoms with E-state index in [2.05, 4.69) is 4.98 Å². The first-order valence-electron chi connectivity index (χ1n) is 6.66. The molecule has 0 aliphatic carbocycles. The Hall–Kier alpha value is -1.89. The van der Waals surface area contributed by atoms with E-state index in [1.807, 2.05) is 13.8 Å². The Kier molecular flexibility index (Phi) is 4.62. The van der Waals surface area contributed by atoms with Gasteiger partial charge in [-0.1, -0.05) is 18.7 Å². The van der Waals surface area contributed by atoms with Crippen molar-refractivity contribution in [1.82, 2.24) is 9.88 Å². The summed E-state index contributed by atoms with van der Waals surface area (Å²) in [4.78, 5) is 40.7. The molecule has 0 spiro atoms. The molecule has 1 N–H and O–H groups in total. The summed E-state index contributed by atoms with van der Waals surface area (Å²) in [6, 6.07) is 2.82. The number of hydrogen-bond donors (Lipinski definition) is 1. The molecular formula is C14H16N2O4S. The number of carbonyl (C=O) groups excluding carboxylic acids is 2. The van der Waals surface area contributed by atoms with Crippen molar-refractivity contribution in [2.24, 2.45) is 0 Å². The first kappa shape index (κ1) is 15.5. The molecule has 2 unspecified atom stereocenters. The number of rotatable bonds is 5. The van der Waals surface area contributed by atoms with Crippen molar-refractivity contribution in [1.29, 1.82) is 0 Å². The molecule has 112 valence electrons. The molecule has 1 fully saturated rings. The monoisotopic (exact) mass is 308 g/mol. The van der Waals surface area contributed by atoms with Gasteiger partial charge in [0.2, 0.25) is 11.8 Å². The molecule has 21 heavy (non-hydrogen) atoms. The minimum absolute atomic E-state index is 0.0461. The maximum atomic E-state index is 12.3. The van der Waals surface area contributed by atoms with Crippen molar-refractivity contribution < 1.29 is 19.5 Å². The van der Waals surface area contributed by atoms with Gasteiger partial charge >= 0.3 is 5.97 Å². The Balaban J connectivity index is 2.20. The molecule has 0 bridgehead atoms. The Labute approximate surface area is 126 Å². The number of nitrogens with zero attached hydrogens (tertiary/aromatic N) is 2. The average molecular weight is 308 g/mol. The highest BCUT2D eigenvalue weighted by Gasteiger charge is 2.41. The lowest BCUT2D eigenvalue weighted by atomic mass is 10.2. The second kappa shape index (κ2) is 6.26. The lowest BCUT2D eigenvalue weighted by Gasteiger charge is -2.21. The Morgan fingerprint density at radius 1 is 1.57 bits per heavy atom. The van der Waals surface area contributed by atoms with Crippen molar-refractivity contribution in [2.45, 2.75) is 43.0 Å². The lowest BCUT2D eigenvalue weighted by Crippen LogP contribution is -2.38. The van der Waals surface area contributed by atoms with E-state index in [0.717, 1.165) is 11.8 Å². The number of likely N-dealkylation sites (tertiary alicyclic amines) is 1. The van der Waals surface area contributed by atoms with Gasteiger partial charge < -0.3 is 5.11 Å². The number of carbonyl (C=O) groups is 3. The van der Waals surface area contributed by atoms with E-state index in [9.17, 15) is 14.4 Å². The van der Waals surface area contributed by atoms with Gasteiger partial charge in [0, 0.05) is 18.7 Å². The van der Waals surface area contributed by atoms with E-state index >= 15 is 0 Å². The van der Waals surface area contributed by atoms with Crippen molar-refractivity contribution in [3.05, 3.63) is 23.9 Å². The van der Waals surface area contributed by atoms with Gasteiger partial charge in [0.15, 0.2) is 0 Å².